The van der Waals surface area contributed by atoms with Crippen molar-refractivity contribution in [2.45, 2.75) is 13.8 Å². The molecule has 0 saturated carbocycles. The Morgan fingerprint density at radius 2 is 1.68 bits per heavy atom. The van der Waals surface area contributed by atoms with Crippen LogP contribution in [-0.4, -0.2) is 33.0 Å². The van der Waals surface area contributed by atoms with Crippen LogP contribution in [-0.2, 0) is 14.8 Å². The minimum Gasteiger partial charge on any atom is -0.454 e. The molecule has 0 aliphatic heterocycles. The molecule has 25 heavy (non-hydrogen) atoms. The first-order valence-corrected chi connectivity index (χ1v) is 9.40. The second kappa shape index (κ2) is 7.48. The maximum Gasteiger partial charge on any atom is 0.338 e. The van der Waals surface area contributed by atoms with Crippen molar-refractivity contribution in [3.05, 3.63) is 64.7 Å². The molecule has 0 aliphatic carbocycles. The summed E-state index contributed by atoms with van der Waals surface area (Å²) in [7, 11) is -3.37. The molecular formula is C18H19NO5S. The molecule has 0 spiro atoms. The summed E-state index contributed by atoms with van der Waals surface area (Å²) in [5.74, 6) is -0.922. The number of ketones is 1. The minimum absolute atomic E-state index is 0.327. The number of Topliss-reactive ketones (excluding diaryl/α,β-unsaturated/α-hetero) is 1. The quantitative estimate of drug-likeness (QED) is 0.631. The van der Waals surface area contributed by atoms with E-state index in [2.05, 4.69) is 4.72 Å². The average molecular weight is 361 g/mol. The fourth-order valence-electron chi connectivity index (χ4n) is 2.19. The number of aryl methyl sites for hydroxylation is 2. The fourth-order valence-corrected chi connectivity index (χ4v) is 2.75. The van der Waals surface area contributed by atoms with E-state index in [-0.39, 0.29) is 12.4 Å². The lowest BCUT2D eigenvalue weighted by atomic mass is 10.1. The molecule has 2 aromatic carbocycles. The van der Waals surface area contributed by atoms with Gasteiger partial charge in [0, 0.05) is 11.3 Å². The van der Waals surface area contributed by atoms with Gasteiger partial charge in [0.25, 0.3) is 0 Å². The molecule has 0 amide bonds. The highest BCUT2D eigenvalue weighted by Gasteiger charge is 2.14. The zero-order valence-corrected chi connectivity index (χ0v) is 15.0. The van der Waals surface area contributed by atoms with Crippen molar-refractivity contribution in [3.63, 3.8) is 0 Å². The monoisotopic (exact) mass is 361 g/mol. The van der Waals surface area contributed by atoms with Crippen LogP contribution in [0, 0.1) is 13.8 Å². The van der Waals surface area contributed by atoms with Gasteiger partial charge in [-0.15, -0.1) is 0 Å². The topological polar surface area (TPSA) is 89.5 Å². The first-order chi connectivity index (χ1) is 11.7. The normalized spacial score (nSPS) is 11.0. The predicted octanol–water partition coefficient (Wildman–Crippen LogP) is 2.71. The minimum atomic E-state index is -3.37. The maximum atomic E-state index is 12.1. The van der Waals surface area contributed by atoms with E-state index in [1.54, 1.807) is 13.0 Å². The number of hydrogen-bond acceptors (Lipinski definition) is 5. The maximum absolute atomic E-state index is 12.1. The van der Waals surface area contributed by atoms with E-state index in [1.165, 1.54) is 24.3 Å². The Morgan fingerprint density at radius 1 is 1.04 bits per heavy atom. The molecule has 0 aliphatic rings. The van der Waals surface area contributed by atoms with Crippen molar-refractivity contribution >= 4 is 27.5 Å². The van der Waals surface area contributed by atoms with Crippen LogP contribution in [0.3, 0.4) is 0 Å². The zero-order valence-electron chi connectivity index (χ0n) is 14.2. The van der Waals surface area contributed by atoms with Crippen LogP contribution in [0.15, 0.2) is 42.5 Å². The van der Waals surface area contributed by atoms with Crippen molar-refractivity contribution in [1.82, 2.24) is 0 Å². The molecule has 0 radical (unpaired) electrons. The van der Waals surface area contributed by atoms with Gasteiger partial charge in [0.2, 0.25) is 10.0 Å². The van der Waals surface area contributed by atoms with E-state index in [4.69, 9.17) is 4.74 Å². The second-order valence-corrected chi connectivity index (χ2v) is 7.52. The number of sulfonamides is 1. The molecule has 0 fully saturated rings. The molecule has 7 heteroatoms. The van der Waals surface area contributed by atoms with E-state index in [1.807, 2.05) is 19.1 Å². The van der Waals surface area contributed by atoms with Gasteiger partial charge in [0.05, 0.1) is 11.8 Å². The third-order valence-corrected chi connectivity index (χ3v) is 4.06. The molecule has 132 valence electrons. The number of hydrogen-bond donors (Lipinski definition) is 1. The van der Waals surface area contributed by atoms with Gasteiger partial charge in [-0.25, -0.2) is 13.2 Å². The van der Waals surface area contributed by atoms with Crippen LogP contribution in [0.2, 0.25) is 0 Å². The summed E-state index contributed by atoms with van der Waals surface area (Å²) >= 11 is 0. The van der Waals surface area contributed by atoms with Crippen LogP contribution < -0.4 is 4.72 Å². The molecule has 0 aromatic heterocycles. The highest BCUT2D eigenvalue weighted by atomic mass is 32.2. The summed E-state index contributed by atoms with van der Waals surface area (Å²) < 4.78 is 29.7. The SMILES string of the molecule is Cc1ccc(C)c(C(=O)OCC(=O)c2ccc(NS(C)(=O)=O)cc2)c1. The smallest absolute Gasteiger partial charge is 0.338 e. The summed E-state index contributed by atoms with van der Waals surface area (Å²) in [4.78, 5) is 24.2. The van der Waals surface area contributed by atoms with Gasteiger partial charge in [-0.05, 0) is 49.7 Å². The van der Waals surface area contributed by atoms with Gasteiger partial charge in [0.15, 0.2) is 12.4 Å². The number of ether oxygens (including phenoxy) is 1. The average Bonchev–Trinajstić information content (AvgIpc) is 2.53. The second-order valence-electron chi connectivity index (χ2n) is 5.77. The van der Waals surface area contributed by atoms with E-state index in [0.29, 0.717) is 16.8 Å². The van der Waals surface area contributed by atoms with Crippen molar-refractivity contribution in [1.29, 1.82) is 0 Å². The Labute approximate surface area is 146 Å². The number of carbonyl (C=O) groups excluding carboxylic acids is 2. The molecule has 0 bridgehead atoms. The summed E-state index contributed by atoms with van der Waals surface area (Å²) in [6.45, 7) is 3.28. The van der Waals surface area contributed by atoms with Crippen LogP contribution >= 0.6 is 0 Å². The Morgan fingerprint density at radius 3 is 2.28 bits per heavy atom. The zero-order chi connectivity index (χ0) is 18.6. The van der Waals surface area contributed by atoms with E-state index in [0.717, 1.165) is 17.4 Å². The van der Waals surface area contributed by atoms with Crippen LogP contribution in [0.1, 0.15) is 31.8 Å². The lowest BCUT2D eigenvalue weighted by Crippen LogP contribution is -2.15. The Hall–Kier alpha value is -2.67. The molecule has 0 unspecified atom stereocenters. The number of nitrogens with one attached hydrogen (secondary N) is 1. The first-order valence-electron chi connectivity index (χ1n) is 7.51. The van der Waals surface area contributed by atoms with Gasteiger partial charge in [-0.1, -0.05) is 17.7 Å². The summed E-state index contributed by atoms with van der Waals surface area (Å²) in [6, 6.07) is 11.3. The number of rotatable bonds is 6. The highest BCUT2D eigenvalue weighted by molar-refractivity contribution is 7.92. The molecule has 2 rings (SSSR count). The number of benzene rings is 2. The third-order valence-electron chi connectivity index (χ3n) is 3.46. The number of anilines is 1. The van der Waals surface area contributed by atoms with Gasteiger partial charge in [0.1, 0.15) is 0 Å². The summed E-state index contributed by atoms with van der Waals surface area (Å²) in [5, 5.41) is 0. The molecule has 0 atom stereocenters. The highest BCUT2D eigenvalue weighted by Crippen LogP contribution is 2.14. The molecule has 0 heterocycles. The van der Waals surface area contributed by atoms with Gasteiger partial charge >= 0.3 is 5.97 Å². The van der Waals surface area contributed by atoms with E-state index < -0.39 is 16.0 Å². The standard InChI is InChI=1S/C18H19NO5S/c1-12-4-5-13(2)16(10-12)18(21)24-11-17(20)14-6-8-15(9-7-14)19-25(3,22)23/h4-10,19H,11H2,1-3H3. The Bertz CT molecular complexity index is 902. The van der Waals surface area contributed by atoms with Gasteiger partial charge in [-0.2, -0.15) is 0 Å². The van der Waals surface area contributed by atoms with Crippen LogP contribution in [0.4, 0.5) is 5.69 Å². The van der Waals surface area contributed by atoms with Gasteiger partial charge in [-0.3, -0.25) is 9.52 Å². The van der Waals surface area contributed by atoms with E-state index >= 15 is 0 Å². The Balaban J connectivity index is 2.00. The van der Waals surface area contributed by atoms with Crippen LogP contribution in [0.5, 0.6) is 0 Å². The first kappa shape index (κ1) is 18.7. The van der Waals surface area contributed by atoms with Gasteiger partial charge < -0.3 is 4.74 Å². The fraction of sp³-hybridized carbons (Fsp3) is 0.222. The van der Waals surface area contributed by atoms with Crippen molar-refractivity contribution < 1.29 is 22.7 Å². The molecule has 6 nitrogen and oxygen atoms in total. The van der Waals surface area contributed by atoms with Crippen molar-refractivity contribution in [2.24, 2.45) is 0 Å². The number of carbonyl (C=O) groups is 2. The lowest BCUT2D eigenvalue weighted by Gasteiger charge is -2.08. The molecular weight excluding hydrogens is 342 g/mol. The van der Waals surface area contributed by atoms with Crippen molar-refractivity contribution in [3.8, 4) is 0 Å². The largest absolute Gasteiger partial charge is 0.454 e. The number of esters is 1. The summed E-state index contributed by atoms with van der Waals surface area (Å²) in [5.41, 5.74) is 2.82. The Kier molecular flexibility index (Phi) is 5.58. The molecule has 2 aromatic rings. The third kappa shape index (κ3) is 5.42. The van der Waals surface area contributed by atoms with Crippen molar-refractivity contribution in [2.75, 3.05) is 17.6 Å². The molecule has 1 N–H and O–H groups in total. The summed E-state index contributed by atoms with van der Waals surface area (Å²) in [6.07, 6.45) is 1.04. The molecule has 0 saturated heterocycles. The lowest BCUT2D eigenvalue weighted by molar-refractivity contribution is 0.0474. The van der Waals surface area contributed by atoms with Crippen LogP contribution in [0.25, 0.3) is 0 Å². The predicted molar refractivity (Wildman–Crippen MR) is 95.4 cm³/mol. The van der Waals surface area contributed by atoms with E-state index in [9.17, 15) is 18.0 Å².